The number of anilines is 1. The normalized spacial score (nSPS) is 18.8. The van der Waals surface area contributed by atoms with E-state index in [0.29, 0.717) is 24.8 Å². The third kappa shape index (κ3) is 6.34. The molecule has 0 spiro atoms. The highest BCUT2D eigenvalue weighted by molar-refractivity contribution is 7.89. The van der Waals surface area contributed by atoms with E-state index in [2.05, 4.69) is 17.1 Å². The highest BCUT2D eigenvalue weighted by atomic mass is 32.2. The largest absolute Gasteiger partial charge is 0.495 e. The number of carbonyl (C=O) groups excluding carboxylic acids is 1. The average Bonchev–Trinajstić information content (AvgIpc) is 2.88. The van der Waals surface area contributed by atoms with Crippen molar-refractivity contribution in [2.45, 2.75) is 50.2 Å². The van der Waals surface area contributed by atoms with E-state index in [4.69, 9.17) is 9.47 Å². The Hall–Kier alpha value is -2.62. The predicted octanol–water partition coefficient (Wildman–Crippen LogP) is 4.33. The minimum absolute atomic E-state index is 0.0473. The predicted molar refractivity (Wildman–Crippen MR) is 135 cm³/mol. The highest BCUT2D eigenvalue weighted by Crippen LogP contribution is 2.32. The molecule has 2 aliphatic heterocycles. The van der Waals surface area contributed by atoms with Crippen LogP contribution in [0.25, 0.3) is 0 Å². The maximum absolute atomic E-state index is 13.5. The fraction of sp³-hybridized carbons (Fsp3) is 0.500. The number of likely N-dealkylation sites (tertiary alicyclic amines) is 1. The van der Waals surface area contributed by atoms with Crippen LogP contribution in [-0.2, 0) is 21.4 Å². The first-order valence-corrected chi connectivity index (χ1v) is 13.7. The molecule has 2 aliphatic rings. The SMILES string of the molecule is COc1ccc(NC(=O)OCc2ccccc2)cc1S(=O)(=O)N1CCC(N2CCC(C)CC2)CC1. The smallest absolute Gasteiger partial charge is 0.411 e. The Bertz CT molecular complexity index is 1090. The number of ether oxygens (including phenoxy) is 2. The minimum atomic E-state index is -3.78. The highest BCUT2D eigenvalue weighted by Gasteiger charge is 2.34. The van der Waals surface area contributed by atoms with Crippen molar-refractivity contribution < 1.29 is 22.7 Å². The van der Waals surface area contributed by atoms with Gasteiger partial charge < -0.3 is 14.4 Å². The molecule has 0 unspecified atom stereocenters. The molecule has 2 aromatic rings. The van der Waals surface area contributed by atoms with Gasteiger partial charge in [-0.05, 0) is 68.5 Å². The molecule has 1 amide bonds. The Morgan fingerprint density at radius 3 is 2.34 bits per heavy atom. The lowest BCUT2D eigenvalue weighted by molar-refractivity contribution is 0.101. The van der Waals surface area contributed by atoms with Crippen molar-refractivity contribution in [1.82, 2.24) is 9.21 Å². The van der Waals surface area contributed by atoms with Crippen LogP contribution in [0.4, 0.5) is 10.5 Å². The molecule has 4 rings (SSSR count). The number of hydrogen-bond acceptors (Lipinski definition) is 6. The molecule has 1 N–H and O–H groups in total. The van der Waals surface area contributed by atoms with Crippen molar-refractivity contribution in [2.75, 3.05) is 38.6 Å². The van der Waals surface area contributed by atoms with Gasteiger partial charge in [0.25, 0.3) is 0 Å². The van der Waals surface area contributed by atoms with Crippen molar-refractivity contribution in [2.24, 2.45) is 5.92 Å². The molecule has 2 aromatic carbocycles. The summed E-state index contributed by atoms with van der Waals surface area (Å²) in [7, 11) is -2.34. The van der Waals surface area contributed by atoms with Crippen molar-refractivity contribution in [1.29, 1.82) is 0 Å². The van der Waals surface area contributed by atoms with Gasteiger partial charge in [-0.2, -0.15) is 4.31 Å². The summed E-state index contributed by atoms with van der Waals surface area (Å²) in [6.45, 7) is 5.56. The molecule has 0 radical (unpaired) electrons. The number of nitrogens with zero attached hydrogens (tertiary/aromatic N) is 2. The monoisotopic (exact) mass is 501 g/mol. The Morgan fingerprint density at radius 2 is 1.69 bits per heavy atom. The molecule has 2 fully saturated rings. The zero-order chi connectivity index (χ0) is 24.8. The van der Waals surface area contributed by atoms with Crippen molar-refractivity contribution in [3.05, 3.63) is 54.1 Å². The topological polar surface area (TPSA) is 88.2 Å². The zero-order valence-electron chi connectivity index (χ0n) is 20.5. The molecule has 0 saturated carbocycles. The van der Waals surface area contributed by atoms with Crippen LogP contribution in [-0.4, -0.2) is 63.0 Å². The number of hydrogen-bond donors (Lipinski definition) is 1. The lowest BCUT2D eigenvalue weighted by Crippen LogP contribution is -2.48. The number of amides is 1. The standard InChI is InChI=1S/C26H35N3O5S/c1-20-10-14-28(15-11-20)23-12-16-29(17-13-23)35(31,32)25-18-22(8-9-24(25)33-2)27-26(30)34-19-21-6-4-3-5-7-21/h3-9,18,20,23H,10-17,19H2,1-2H3,(H,27,30). The maximum Gasteiger partial charge on any atom is 0.411 e. The Morgan fingerprint density at radius 1 is 1.00 bits per heavy atom. The number of rotatable bonds is 7. The van der Waals surface area contributed by atoms with Gasteiger partial charge in [0.2, 0.25) is 10.0 Å². The summed E-state index contributed by atoms with van der Waals surface area (Å²) >= 11 is 0. The third-order valence-corrected chi connectivity index (χ3v) is 8.92. The van der Waals surface area contributed by atoms with Gasteiger partial charge in [0.05, 0.1) is 7.11 Å². The van der Waals surface area contributed by atoms with Gasteiger partial charge in [-0.3, -0.25) is 5.32 Å². The molecular formula is C26H35N3O5S. The second kappa shape index (κ2) is 11.4. The van der Waals surface area contributed by atoms with Gasteiger partial charge in [0, 0.05) is 24.8 Å². The second-order valence-electron chi connectivity index (χ2n) is 9.41. The van der Waals surface area contributed by atoms with Crippen LogP contribution >= 0.6 is 0 Å². The van der Waals surface area contributed by atoms with E-state index in [0.717, 1.165) is 37.4 Å². The molecule has 0 aliphatic carbocycles. The van der Waals surface area contributed by atoms with E-state index in [1.54, 1.807) is 12.1 Å². The first kappa shape index (κ1) is 25.5. The van der Waals surface area contributed by atoms with E-state index >= 15 is 0 Å². The van der Waals surface area contributed by atoms with Gasteiger partial charge in [-0.25, -0.2) is 13.2 Å². The molecule has 2 saturated heterocycles. The first-order valence-electron chi connectivity index (χ1n) is 12.3. The lowest BCUT2D eigenvalue weighted by atomic mass is 9.95. The minimum Gasteiger partial charge on any atom is -0.495 e. The fourth-order valence-corrected chi connectivity index (χ4v) is 6.46. The summed E-state index contributed by atoms with van der Waals surface area (Å²) in [6, 6.07) is 14.4. The summed E-state index contributed by atoms with van der Waals surface area (Å²) in [4.78, 5) is 14.9. The average molecular weight is 502 g/mol. The van der Waals surface area contributed by atoms with E-state index < -0.39 is 16.1 Å². The van der Waals surface area contributed by atoms with Crippen LogP contribution in [0.5, 0.6) is 5.75 Å². The summed E-state index contributed by atoms with van der Waals surface area (Å²) < 4.78 is 39.2. The quantitative estimate of drug-likeness (QED) is 0.608. The molecular weight excluding hydrogens is 466 g/mol. The number of carbonyl (C=O) groups is 1. The zero-order valence-corrected chi connectivity index (χ0v) is 21.3. The van der Waals surface area contributed by atoms with E-state index in [1.165, 1.54) is 30.3 Å². The molecule has 0 bridgehead atoms. The molecule has 0 aromatic heterocycles. The van der Waals surface area contributed by atoms with Gasteiger partial charge >= 0.3 is 6.09 Å². The van der Waals surface area contributed by atoms with Crippen LogP contribution in [0.3, 0.4) is 0 Å². The van der Waals surface area contributed by atoms with Crippen molar-refractivity contribution in [3.8, 4) is 5.75 Å². The summed E-state index contributed by atoms with van der Waals surface area (Å²) in [6.07, 6.45) is 3.41. The first-order chi connectivity index (χ1) is 16.9. The van der Waals surface area contributed by atoms with E-state index in [1.807, 2.05) is 30.3 Å². The number of nitrogens with one attached hydrogen (secondary N) is 1. The van der Waals surface area contributed by atoms with Crippen LogP contribution in [0.15, 0.2) is 53.4 Å². The molecule has 0 atom stereocenters. The second-order valence-corrected chi connectivity index (χ2v) is 11.3. The van der Waals surface area contributed by atoms with Crippen LogP contribution in [0.1, 0.15) is 38.2 Å². The third-order valence-electron chi connectivity index (χ3n) is 7.00. The molecule has 2 heterocycles. The van der Waals surface area contributed by atoms with Crippen molar-refractivity contribution >= 4 is 21.8 Å². The van der Waals surface area contributed by atoms with Gasteiger partial charge in [-0.1, -0.05) is 37.3 Å². The van der Waals surface area contributed by atoms with Crippen LogP contribution in [0, 0.1) is 5.92 Å². The molecule has 8 nitrogen and oxygen atoms in total. The Labute approximate surface area is 208 Å². The Kier molecular flexibility index (Phi) is 8.30. The summed E-state index contributed by atoms with van der Waals surface area (Å²) in [5, 5.41) is 2.63. The van der Waals surface area contributed by atoms with Gasteiger partial charge in [-0.15, -0.1) is 0 Å². The fourth-order valence-electron chi connectivity index (χ4n) is 4.81. The maximum atomic E-state index is 13.5. The number of sulfonamides is 1. The summed E-state index contributed by atoms with van der Waals surface area (Å²) in [5.74, 6) is 1.02. The molecule has 190 valence electrons. The van der Waals surface area contributed by atoms with E-state index in [-0.39, 0.29) is 17.3 Å². The van der Waals surface area contributed by atoms with Crippen molar-refractivity contribution in [3.63, 3.8) is 0 Å². The van der Waals surface area contributed by atoms with Crippen LogP contribution < -0.4 is 10.1 Å². The lowest BCUT2D eigenvalue weighted by Gasteiger charge is -2.41. The van der Waals surface area contributed by atoms with Gasteiger partial charge in [0.15, 0.2) is 0 Å². The number of methoxy groups -OCH3 is 1. The molecule has 9 heteroatoms. The van der Waals surface area contributed by atoms with Gasteiger partial charge in [0.1, 0.15) is 17.3 Å². The number of piperidine rings is 2. The van der Waals surface area contributed by atoms with E-state index in [9.17, 15) is 13.2 Å². The molecule has 35 heavy (non-hydrogen) atoms. The summed E-state index contributed by atoms with van der Waals surface area (Å²) in [5.41, 5.74) is 1.20. The van der Waals surface area contributed by atoms with Crippen LogP contribution in [0.2, 0.25) is 0 Å². The Balaban J connectivity index is 1.40. The number of benzene rings is 2.